The monoisotopic (exact) mass is 363 g/mol. The van der Waals surface area contributed by atoms with Crippen LogP contribution in [0.3, 0.4) is 0 Å². The summed E-state index contributed by atoms with van der Waals surface area (Å²) >= 11 is 0. The van der Waals surface area contributed by atoms with Gasteiger partial charge in [-0.3, -0.25) is 4.79 Å². The van der Waals surface area contributed by atoms with Crippen LogP contribution < -0.4 is 0 Å². The standard InChI is InChI=1S/C22H21NO4/c1-14(2)21-20(15(3)23-27-21)22(25)26-13-19(24)18-11-9-17(10-12-18)16-7-5-4-6-8-16/h4-12,14H,13H2,1-3H3. The maximum absolute atomic E-state index is 12.4. The lowest BCUT2D eigenvalue weighted by Crippen LogP contribution is -2.16. The summed E-state index contributed by atoms with van der Waals surface area (Å²) in [5.41, 5.74) is 3.35. The summed E-state index contributed by atoms with van der Waals surface area (Å²) in [6.45, 7) is 5.15. The highest BCUT2D eigenvalue weighted by Gasteiger charge is 2.24. The Hall–Kier alpha value is -3.21. The summed E-state index contributed by atoms with van der Waals surface area (Å²) in [6, 6.07) is 17.1. The summed E-state index contributed by atoms with van der Waals surface area (Å²) in [4.78, 5) is 24.7. The molecule has 3 aromatic rings. The number of hydrogen-bond acceptors (Lipinski definition) is 5. The first-order valence-electron chi connectivity index (χ1n) is 8.79. The summed E-state index contributed by atoms with van der Waals surface area (Å²) in [6.07, 6.45) is 0. The van der Waals surface area contributed by atoms with E-state index in [-0.39, 0.29) is 18.3 Å². The number of benzene rings is 2. The number of hydrogen-bond donors (Lipinski definition) is 0. The molecule has 0 N–H and O–H groups in total. The van der Waals surface area contributed by atoms with E-state index in [9.17, 15) is 9.59 Å². The fourth-order valence-electron chi connectivity index (χ4n) is 2.80. The molecule has 0 aliphatic carbocycles. The molecule has 0 aliphatic heterocycles. The van der Waals surface area contributed by atoms with Crippen molar-refractivity contribution >= 4 is 11.8 Å². The molecule has 0 amide bonds. The van der Waals surface area contributed by atoms with Gasteiger partial charge in [0.15, 0.2) is 18.2 Å². The van der Waals surface area contributed by atoms with Crippen LogP contribution in [-0.4, -0.2) is 23.5 Å². The van der Waals surface area contributed by atoms with Crippen LogP contribution in [-0.2, 0) is 4.74 Å². The minimum Gasteiger partial charge on any atom is -0.454 e. The second-order valence-corrected chi connectivity index (χ2v) is 6.60. The van der Waals surface area contributed by atoms with E-state index in [0.717, 1.165) is 11.1 Å². The van der Waals surface area contributed by atoms with Crippen molar-refractivity contribution in [1.29, 1.82) is 0 Å². The molecule has 5 heteroatoms. The molecular formula is C22H21NO4. The Balaban J connectivity index is 1.66. The molecule has 0 atom stereocenters. The molecule has 5 nitrogen and oxygen atoms in total. The van der Waals surface area contributed by atoms with Gasteiger partial charge in [0.05, 0.1) is 5.69 Å². The number of Topliss-reactive ketones (excluding diaryl/α,β-unsaturated/α-hetero) is 1. The first-order valence-corrected chi connectivity index (χ1v) is 8.79. The lowest BCUT2D eigenvalue weighted by molar-refractivity contribution is 0.0471. The number of aryl methyl sites for hydroxylation is 1. The fourth-order valence-corrected chi connectivity index (χ4v) is 2.80. The number of aromatic nitrogens is 1. The molecule has 0 spiro atoms. The van der Waals surface area contributed by atoms with Gasteiger partial charge in [0.2, 0.25) is 0 Å². The second-order valence-electron chi connectivity index (χ2n) is 6.60. The van der Waals surface area contributed by atoms with Gasteiger partial charge in [-0.05, 0) is 18.1 Å². The van der Waals surface area contributed by atoms with Crippen molar-refractivity contribution in [3.63, 3.8) is 0 Å². The van der Waals surface area contributed by atoms with Crippen LogP contribution in [0.2, 0.25) is 0 Å². The van der Waals surface area contributed by atoms with Gasteiger partial charge in [0.25, 0.3) is 0 Å². The molecule has 1 aromatic heterocycles. The predicted octanol–water partition coefficient (Wildman–Crippen LogP) is 4.81. The summed E-state index contributed by atoms with van der Waals surface area (Å²) in [7, 11) is 0. The Kier molecular flexibility index (Phi) is 5.50. The van der Waals surface area contributed by atoms with E-state index < -0.39 is 5.97 Å². The lowest BCUT2D eigenvalue weighted by Gasteiger charge is -2.07. The van der Waals surface area contributed by atoms with Crippen LogP contribution in [0.5, 0.6) is 0 Å². The summed E-state index contributed by atoms with van der Waals surface area (Å²) in [5, 5.41) is 3.82. The first-order chi connectivity index (χ1) is 13.0. The van der Waals surface area contributed by atoms with E-state index >= 15 is 0 Å². The van der Waals surface area contributed by atoms with Crippen LogP contribution in [0.1, 0.15) is 51.9 Å². The van der Waals surface area contributed by atoms with E-state index in [1.165, 1.54) is 0 Å². The number of carbonyl (C=O) groups excluding carboxylic acids is 2. The molecule has 0 fully saturated rings. The zero-order valence-electron chi connectivity index (χ0n) is 15.6. The maximum Gasteiger partial charge on any atom is 0.344 e. The lowest BCUT2D eigenvalue weighted by atomic mass is 10.0. The predicted molar refractivity (Wildman–Crippen MR) is 102 cm³/mol. The molecular weight excluding hydrogens is 342 g/mol. The first kappa shape index (κ1) is 18.6. The molecule has 27 heavy (non-hydrogen) atoms. The Morgan fingerprint density at radius 3 is 2.26 bits per heavy atom. The number of nitrogens with zero attached hydrogens (tertiary/aromatic N) is 1. The highest BCUT2D eigenvalue weighted by molar-refractivity contribution is 6.00. The Morgan fingerprint density at radius 2 is 1.63 bits per heavy atom. The van der Waals surface area contributed by atoms with Crippen molar-refractivity contribution < 1.29 is 18.8 Å². The Labute approximate surface area is 158 Å². The van der Waals surface area contributed by atoms with Crippen LogP contribution in [0.4, 0.5) is 0 Å². The SMILES string of the molecule is Cc1noc(C(C)C)c1C(=O)OCC(=O)c1ccc(-c2ccccc2)cc1. The highest BCUT2D eigenvalue weighted by Crippen LogP contribution is 2.23. The Morgan fingerprint density at radius 1 is 1.00 bits per heavy atom. The van der Waals surface area contributed by atoms with Crippen molar-refractivity contribution in [2.24, 2.45) is 0 Å². The highest BCUT2D eigenvalue weighted by atomic mass is 16.5. The third-order valence-electron chi connectivity index (χ3n) is 4.27. The molecule has 0 bridgehead atoms. The number of ether oxygens (including phenoxy) is 1. The van der Waals surface area contributed by atoms with Crippen LogP contribution >= 0.6 is 0 Å². The fraction of sp³-hybridized carbons (Fsp3) is 0.227. The summed E-state index contributed by atoms with van der Waals surface area (Å²) < 4.78 is 10.4. The minimum atomic E-state index is -0.591. The van der Waals surface area contributed by atoms with Crippen LogP contribution in [0.25, 0.3) is 11.1 Å². The van der Waals surface area contributed by atoms with Crippen molar-refractivity contribution in [3.05, 3.63) is 77.2 Å². The van der Waals surface area contributed by atoms with Crippen LogP contribution in [0.15, 0.2) is 59.1 Å². The average Bonchev–Trinajstić information content (AvgIpc) is 3.08. The van der Waals surface area contributed by atoms with E-state index in [4.69, 9.17) is 9.26 Å². The van der Waals surface area contributed by atoms with Crippen molar-refractivity contribution in [3.8, 4) is 11.1 Å². The second kappa shape index (κ2) is 7.99. The summed E-state index contributed by atoms with van der Waals surface area (Å²) in [5.74, 6) is -0.387. The van der Waals surface area contributed by atoms with Gasteiger partial charge in [-0.25, -0.2) is 4.79 Å². The topological polar surface area (TPSA) is 69.4 Å². The number of esters is 1. The van der Waals surface area contributed by atoms with Gasteiger partial charge in [0.1, 0.15) is 5.56 Å². The van der Waals surface area contributed by atoms with E-state index in [2.05, 4.69) is 5.16 Å². The van der Waals surface area contributed by atoms with Gasteiger partial charge in [0, 0.05) is 11.5 Å². The van der Waals surface area contributed by atoms with Crippen molar-refractivity contribution in [2.75, 3.05) is 6.61 Å². The van der Waals surface area contributed by atoms with Gasteiger partial charge in [-0.1, -0.05) is 73.6 Å². The van der Waals surface area contributed by atoms with Gasteiger partial charge >= 0.3 is 5.97 Å². The maximum atomic E-state index is 12.4. The van der Waals surface area contributed by atoms with Crippen molar-refractivity contribution in [2.45, 2.75) is 26.7 Å². The molecule has 0 unspecified atom stereocenters. The largest absolute Gasteiger partial charge is 0.454 e. The molecule has 0 aliphatic rings. The van der Waals surface area contributed by atoms with E-state index in [0.29, 0.717) is 22.6 Å². The molecule has 2 aromatic carbocycles. The normalized spacial score (nSPS) is 10.8. The van der Waals surface area contributed by atoms with Gasteiger partial charge < -0.3 is 9.26 Å². The smallest absolute Gasteiger partial charge is 0.344 e. The van der Waals surface area contributed by atoms with Crippen molar-refractivity contribution in [1.82, 2.24) is 5.16 Å². The van der Waals surface area contributed by atoms with E-state index in [1.54, 1.807) is 19.1 Å². The molecule has 138 valence electrons. The molecule has 3 rings (SSSR count). The third kappa shape index (κ3) is 4.14. The quantitative estimate of drug-likeness (QED) is 0.464. The number of rotatable bonds is 6. The Bertz CT molecular complexity index is 940. The third-order valence-corrected chi connectivity index (χ3v) is 4.27. The number of ketones is 1. The zero-order valence-corrected chi connectivity index (χ0v) is 15.6. The molecule has 0 saturated carbocycles. The molecule has 0 saturated heterocycles. The average molecular weight is 363 g/mol. The minimum absolute atomic E-state index is 0.00465. The van der Waals surface area contributed by atoms with Crippen LogP contribution in [0, 0.1) is 6.92 Å². The molecule has 1 heterocycles. The number of carbonyl (C=O) groups is 2. The van der Waals surface area contributed by atoms with Gasteiger partial charge in [-0.2, -0.15) is 0 Å². The van der Waals surface area contributed by atoms with E-state index in [1.807, 2.05) is 56.3 Å². The van der Waals surface area contributed by atoms with Gasteiger partial charge in [-0.15, -0.1) is 0 Å². The zero-order chi connectivity index (χ0) is 19.4. The molecule has 0 radical (unpaired) electrons.